The van der Waals surface area contributed by atoms with Crippen LogP contribution in [-0.2, 0) is 0 Å². The Morgan fingerprint density at radius 2 is 0.558 bits per heavy atom. The number of aromatic nitrogens is 5. The van der Waals surface area contributed by atoms with Gasteiger partial charge in [-0.3, -0.25) is 0 Å². The van der Waals surface area contributed by atoms with Crippen molar-refractivity contribution in [2.75, 3.05) is 0 Å². The Kier molecular flexibility index (Phi) is 13.1. The number of rotatable bonds is 10. The number of fused-ring (bicyclic) bond motifs is 16. The van der Waals surface area contributed by atoms with Crippen molar-refractivity contribution >= 4 is 140 Å². The van der Waals surface area contributed by atoms with Crippen LogP contribution in [0, 0.1) is 0 Å². The van der Waals surface area contributed by atoms with Gasteiger partial charge in [0.2, 0.25) is 0 Å². The van der Waals surface area contributed by atoms with Crippen molar-refractivity contribution in [3.63, 3.8) is 0 Å². The largest absolute Gasteiger partial charge is 0.309 e. The molecule has 0 radical (unpaired) electrons. The van der Waals surface area contributed by atoms with Crippen LogP contribution in [-0.4, -0.2) is 23.3 Å². The molecular formula is C97H59N5S2. The van der Waals surface area contributed by atoms with Crippen LogP contribution in [0.3, 0.4) is 0 Å². The smallest absolute Gasteiger partial charge is 0.124 e. The van der Waals surface area contributed by atoms with E-state index in [-0.39, 0.29) is 0 Å². The maximum Gasteiger partial charge on any atom is 0.124 e. The number of hydrogen-bond acceptors (Lipinski definition) is 3. The molecule has 484 valence electrons. The Labute approximate surface area is 606 Å². The first-order chi connectivity index (χ1) is 51.6. The lowest BCUT2D eigenvalue weighted by molar-refractivity contribution is 1.18. The summed E-state index contributed by atoms with van der Waals surface area (Å²) in [5.74, 6) is 0. The molecule has 0 unspecified atom stereocenters. The summed E-state index contributed by atoms with van der Waals surface area (Å²) < 4.78 is 13.3. The van der Waals surface area contributed by atoms with Crippen LogP contribution in [0.1, 0.15) is 0 Å². The van der Waals surface area contributed by atoms with E-state index in [1.165, 1.54) is 157 Å². The summed E-state index contributed by atoms with van der Waals surface area (Å²) in [5.41, 5.74) is 28.1. The second-order valence-corrected chi connectivity index (χ2v) is 29.4. The highest BCUT2D eigenvalue weighted by Gasteiger charge is 2.23. The molecule has 0 atom stereocenters. The molecule has 0 saturated heterocycles. The van der Waals surface area contributed by atoms with Crippen LogP contribution in [0.4, 0.5) is 0 Å². The average molecular weight is 1360 g/mol. The maximum absolute atomic E-state index is 5.58. The standard InChI is InChI=1S/C97H59N5S2/c1-3-19-60(20-4-1)61-39-47-69(48-40-61)100-85-34-12-8-26-74(85)81-57-64(44-52-89(81)100)65-45-53-90-82(58-65)75-27-9-13-35-86(75)101(90)70-49-41-62(42-50-70)72-29-16-32-79-94-77(30-17-37-92(94)103-96(72)79)78-31-18-38-93-95(78)98-97(104-93)67-21-15-24-71(55-67)102-87-36-14-10-28-76(87)83-59-66(46-54-91(83)102)63-43-51-88-80(56-63)73-25-7-11-33-84(73)99(88)68-22-5-2-6-23-68/h1-59H. The highest BCUT2D eigenvalue weighted by Crippen LogP contribution is 2.48. The highest BCUT2D eigenvalue weighted by molar-refractivity contribution is 7.26. The number of para-hydroxylation sites is 6. The molecule has 6 heterocycles. The molecule has 5 nitrogen and oxygen atoms in total. The lowest BCUT2D eigenvalue weighted by atomic mass is 9.97. The monoisotopic (exact) mass is 1360 g/mol. The molecule has 22 rings (SSSR count). The normalized spacial score (nSPS) is 12.0. The van der Waals surface area contributed by atoms with E-state index in [0.29, 0.717) is 0 Å². The molecule has 0 N–H and O–H groups in total. The molecule has 7 heteroatoms. The van der Waals surface area contributed by atoms with Crippen molar-refractivity contribution in [1.29, 1.82) is 0 Å². The van der Waals surface area contributed by atoms with Gasteiger partial charge in [0, 0.05) is 97.1 Å². The van der Waals surface area contributed by atoms with Crippen LogP contribution < -0.4 is 0 Å². The van der Waals surface area contributed by atoms with E-state index in [9.17, 15) is 0 Å². The number of thiophene rings is 1. The second-order valence-electron chi connectivity index (χ2n) is 27.3. The van der Waals surface area contributed by atoms with E-state index >= 15 is 0 Å². The van der Waals surface area contributed by atoms with Crippen molar-refractivity contribution in [2.45, 2.75) is 0 Å². The molecular weight excluding hydrogens is 1300 g/mol. The Morgan fingerprint density at radius 3 is 1.08 bits per heavy atom. The van der Waals surface area contributed by atoms with Gasteiger partial charge < -0.3 is 18.3 Å². The van der Waals surface area contributed by atoms with E-state index in [1.807, 2.05) is 11.3 Å². The summed E-state index contributed by atoms with van der Waals surface area (Å²) in [4.78, 5) is 5.58. The second kappa shape index (κ2) is 23.2. The maximum atomic E-state index is 5.58. The summed E-state index contributed by atoms with van der Waals surface area (Å²) in [7, 11) is 0. The van der Waals surface area contributed by atoms with Gasteiger partial charge in [0.1, 0.15) is 5.01 Å². The van der Waals surface area contributed by atoms with E-state index in [4.69, 9.17) is 4.98 Å². The van der Waals surface area contributed by atoms with Crippen LogP contribution in [0.2, 0.25) is 0 Å². The van der Waals surface area contributed by atoms with E-state index in [0.717, 1.165) is 49.1 Å². The first kappa shape index (κ1) is 58.6. The zero-order valence-electron chi connectivity index (χ0n) is 56.1. The third-order valence-corrected chi connectivity index (χ3v) is 23.9. The van der Waals surface area contributed by atoms with Crippen LogP contribution in [0.15, 0.2) is 358 Å². The van der Waals surface area contributed by atoms with Crippen molar-refractivity contribution in [3.05, 3.63) is 358 Å². The van der Waals surface area contributed by atoms with Crippen molar-refractivity contribution in [2.24, 2.45) is 0 Å². The minimum Gasteiger partial charge on any atom is -0.309 e. The number of nitrogens with zero attached hydrogens (tertiary/aromatic N) is 5. The van der Waals surface area contributed by atoms with E-state index in [1.54, 1.807) is 11.3 Å². The fourth-order valence-corrected chi connectivity index (χ4v) is 19.1. The SMILES string of the molecule is c1ccc(-c2ccc(-n3c4ccccc4c4cc(-c5ccc6c(c5)c5ccccc5n6-c5ccc(-c6cccc7c6sc6cccc(-c8cccc9sc(-c%10cccc(-n%11c%12ccccc%12c%12cc(-c%13ccc%14c(c%13)c%13ccccc%13n%14-c%13ccccc%13)ccc%12%11)c%10)nc89)c67)cc5)ccc43)cc2)cc1. The zero-order valence-corrected chi connectivity index (χ0v) is 57.7. The molecule has 0 fully saturated rings. The molecule has 0 aliphatic heterocycles. The summed E-state index contributed by atoms with van der Waals surface area (Å²) in [6.45, 7) is 0. The fraction of sp³-hybridized carbons (Fsp3) is 0. The van der Waals surface area contributed by atoms with Gasteiger partial charge in [0.15, 0.2) is 0 Å². The first-order valence-corrected chi connectivity index (χ1v) is 37.1. The van der Waals surface area contributed by atoms with Gasteiger partial charge in [-0.05, 0) is 184 Å². The minimum atomic E-state index is 0.997. The molecule has 0 aliphatic carbocycles. The van der Waals surface area contributed by atoms with Gasteiger partial charge >= 0.3 is 0 Å². The van der Waals surface area contributed by atoms with Crippen LogP contribution >= 0.6 is 22.7 Å². The molecule has 0 aliphatic rings. The van der Waals surface area contributed by atoms with Gasteiger partial charge in [0.05, 0.1) is 54.4 Å². The third-order valence-electron chi connectivity index (χ3n) is 21.6. The molecule has 0 amide bonds. The van der Waals surface area contributed by atoms with E-state index in [2.05, 4.69) is 376 Å². The Bertz CT molecular complexity index is 7260. The summed E-state index contributed by atoms with van der Waals surface area (Å²) in [6.07, 6.45) is 0. The van der Waals surface area contributed by atoms with Crippen LogP contribution in [0.5, 0.6) is 0 Å². The number of hydrogen-bond donors (Lipinski definition) is 0. The van der Waals surface area contributed by atoms with Gasteiger partial charge in [-0.1, -0.05) is 224 Å². The number of thiazole rings is 1. The topological polar surface area (TPSA) is 32.6 Å². The lowest BCUT2D eigenvalue weighted by Crippen LogP contribution is -1.94. The minimum absolute atomic E-state index is 0.997. The fourth-order valence-electron chi connectivity index (χ4n) is 16.9. The summed E-state index contributed by atoms with van der Waals surface area (Å²) in [6, 6.07) is 132. The molecule has 0 spiro atoms. The quantitative estimate of drug-likeness (QED) is 0.134. The Hall–Kier alpha value is -13.2. The predicted molar refractivity (Wildman–Crippen MR) is 442 cm³/mol. The van der Waals surface area contributed by atoms with Gasteiger partial charge in [-0.25, -0.2) is 4.98 Å². The highest BCUT2D eigenvalue weighted by atomic mass is 32.1. The third kappa shape index (κ3) is 9.07. The Balaban J connectivity index is 0.576. The van der Waals surface area contributed by atoms with Gasteiger partial charge in [0.25, 0.3) is 0 Å². The molecule has 104 heavy (non-hydrogen) atoms. The van der Waals surface area contributed by atoms with Crippen molar-refractivity contribution in [3.8, 4) is 89.0 Å². The van der Waals surface area contributed by atoms with E-state index < -0.39 is 0 Å². The van der Waals surface area contributed by atoms with Gasteiger partial charge in [-0.15, -0.1) is 22.7 Å². The Morgan fingerprint density at radius 1 is 0.202 bits per heavy atom. The molecule has 0 bridgehead atoms. The van der Waals surface area contributed by atoms with Gasteiger partial charge in [-0.2, -0.15) is 0 Å². The number of benzene rings is 16. The molecule has 0 saturated carbocycles. The average Bonchev–Trinajstić information content (AvgIpc) is 1.60. The summed E-state index contributed by atoms with van der Waals surface area (Å²) in [5, 5.41) is 13.4. The van der Waals surface area contributed by atoms with Crippen LogP contribution in [0.25, 0.3) is 207 Å². The first-order valence-electron chi connectivity index (χ1n) is 35.5. The molecule has 6 aromatic heterocycles. The molecule has 16 aromatic carbocycles. The zero-order chi connectivity index (χ0) is 68.1. The van der Waals surface area contributed by atoms with Crippen molar-refractivity contribution < 1.29 is 0 Å². The van der Waals surface area contributed by atoms with Crippen molar-refractivity contribution in [1.82, 2.24) is 23.3 Å². The lowest BCUT2D eigenvalue weighted by Gasteiger charge is -2.11. The molecule has 22 aromatic rings. The predicted octanol–water partition coefficient (Wildman–Crippen LogP) is 27.1. The summed E-state index contributed by atoms with van der Waals surface area (Å²) >= 11 is 3.64.